The van der Waals surface area contributed by atoms with Crippen LogP contribution in [0.2, 0.25) is 0 Å². The fourth-order valence-electron chi connectivity index (χ4n) is 3.03. The van der Waals surface area contributed by atoms with E-state index in [0.717, 1.165) is 11.6 Å². The average Bonchev–Trinajstić information content (AvgIpc) is 2.77. The van der Waals surface area contributed by atoms with Crippen LogP contribution in [0.25, 0.3) is 0 Å². The maximum atomic E-state index is 5.90. The fourth-order valence-corrected chi connectivity index (χ4v) is 3.03. The zero-order valence-corrected chi connectivity index (χ0v) is 12.3. The van der Waals surface area contributed by atoms with Crippen molar-refractivity contribution in [3.05, 3.63) is 47.5 Å². The third-order valence-electron chi connectivity index (χ3n) is 4.14. The quantitative estimate of drug-likeness (QED) is 0.875. The van der Waals surface area contributed by atoms with E-state index < -0.39 is 0 Å². The number of nitrogens with two attached hydrogens (primary N) is 1. The van der Waals surface area contributed by atoms with Crippen molar-refractivity contribution in [2.75, 3.05) is 5.73 Å². The van der Waals surface area contributed by atoms with Crippen LogP contribution in [0.15, 0.2) is 30.3 Å². The van der Waals surface area contributed by atoms with Crippen molar-refractivity contribution >= 4 is 5.95 Å². The highest BCUT2D eigenvalue weighted by molar-refractivity contribution is 5.23. The molecule has 0 spiro atoms. The number of anilines is 1. The molecular weight excluding hydrogens is 260 g/mol. The molecule has 1 heterocycles. The third kappa shape index (κ3) is 3.78. The molecule has 21 heavy (non-hydrogen) atoms. The van der Waals surface area contributed by atoms with Crippen molar-refractivity contribution in [1.29, 1.82) is 0 Å². The molecule has 1 aliphatic carbocycles. The molecule has 1 aliphatic rings. The molecule has 0 saturated heterocycles. The second kappa shape index (κ2) is 6.66. The Labute approximate surface area is 125 Å². The summed E-state index contributed by atoms with van der Waals surface area (Å²) in [5.41, 5.74) is 7.10. The van der Waals surface area contributed by atoms with Gasteiger partial charge in [0.25, 0.3) is 0 Å². The van der Waals surface area contributed by atoms with Gasteiger partial charge in [-0.2, -0.15) is 9.97 Å². The summed E-state index contributed by atoms with van der Waals surface area (Å²) in [6.45, 7) is 0. The Bertz CT molecular complexity index is 575. The van der Waals surface area contributed by atoms with Crippen molar-refractivity contribution in [2.24, 2.45) is 0 Å². The van der Waals surface area contributed by atoms with Crippen molar-refractivity contribution in [3.63, 3.8) is 0 Å². The van der Waals surface area contributed by atoms with E-state index in [9.17, 15) is 0 Å². The Morgan fingerprint density at radius 3 is 2.33 bits per heavy atom. The van der Waals surface area contributed by atoms with E-state index in [1.165, 1.54) is 44.1 Å². The van der Waals surface area contributed by atoms with Crippen LogP contribution in [0.5, 0.6) is 0 Å². The number of nitrogen functional groups attached to an aromatic ring is 1. The highest BCUT2D eigenvalue weighted by Crippen LogP contribution is 2.29. The zero-order valence-electron chi connectivity index (χ0n) is 12.3. The number of aromatic nitrogens is 3. The lowest BCUT2D eigenvalue weighted by atomic mass is 9.99. The van der Waals surface area contributed by atoms with Crippen LogP contribution in [0.1, 0.15) is 61.7 Å². The first-order valence-electron chi connectivity index (χ1n) is 7.85. The smallest absolute Gasteiger partial charge is 0.223 e. The fraction of sp³-hybridized carbons (Fsp3) is 0.471. The number of rotatable bonds is 3. The topological polar surface area (TPSA) is 64.7 Å². The predicted octanol–water partition coefficient (Wildman–Crippen LogP) is 3.48. The van der Waals surface area contributed by atoms with Crippen molar-refractivity contribution < 1.29 is 0 Å². The van der Waals surface area contributed by atoms with E-state index in [4.69, 9.17) is 10.7 Å². The van der Waals surface area contributed by atoms with E-state index in [1.54, 1.807) is 0 Å². The van der Waals surface area contributed by atoms with Crippen LogP contribution >= 0.6 is 0 Å². The van der Waals surface area contributed by atoms with Gasteiger partial charge in [-0.1, -0.05) is 56.0 Å². The van der Waals surface area contributed by atoms with Crippen LogP contribution < -0.4 is 5.73 Å². The highest BCUT2D eigenvalue weighted by Gasteiger charge is 2.18. The molecule has 0 amide bonds. The van der Waals surface area contributed by atoms with Crippen molar-refractivity contribution in [1.82, 2.24) is 15.0 Å². The van der Waals surface area contributed by atoms with Crippen LogP contribution in [0.4, 0.5) is 5.95 Å². The Morgan fingerprint density at radius 2 is 1.62 bits per heavy atom. The molecule has 4 nitrogen and oxygen atoms in total. The summed E-state index contributed by atoms with van der Waals surface area (Å²) >= 11 is 0. The molecule has 0 radical (unpaired) electrons. The molecule has 3 rings (SSSR count). The van der Waals surface area contributed by atoms with Crippen LogP contribution in [0.3, 0.4) is 0 Å². The Balaban J connectivity index is 1.82. The number of hydrogen-bond acceptors (Lipinski definition) is 4. The van der Waals surface area contributed by atoms with Gasteiger partial charge in [0.15, 0.2) is 0 Å². The molecule has 0 bridgehead atoms. The Hall–Kier alpha value is -1.97. The van der Waals surface area contributed by atoms with Gasteiger partial charge in [-0.15, -0.1) is 0 Å². The Morgan fingerprint density at radius 1 is 0.905 bits per heavy atom. The number of benzene rings is 1. The minimum absolute atomic E-state index is 0.357. The standard InChI is InChI=1S/C17H22N4/c18-17-20-15(12-13-8-4-3-5-9-13)19-16(21-17)14-10-6-1-2-7-11-14/h3-5,8-9,14H,1-2,6-7,10-12H2,(H2,18,19,20,21). The first-order chi connectivity index (χ1) is 10.3. The molecule has 2 N–H and O–H groups in total. The lowest BCUT2D eigenvalue weighted by Gasteiger charge is -2.13. The Kier molecular flexibility index (Phi) is 4.43. The van der Waals surface area contributed by atoms with Gasteiger partial charge in [-0.05, 0) is 18.4 Å². The first kappa shape index (κ1) is 14.0. The molecule has 1 fully saturated rings. The summed E-state index contributed by atoms with van der Waals surface area (Å²) in [5.74, 6) is 2.49. The second-order valence-corrected chi connectivity index (χ2v) is 5.82. The molecule has 4 heteroatoms. The van der Waals surface area contributed by atoms with Crippen LogP contribution in [0, 0.1) is 0 Å². The minimum Gasteiger partial charge on any atom is -0.368 e. The molecule has 2 aromatic rings. The monoisotopic (exact) mass is 282 g/mol. The first-order valence-corrected chi connectivity index (χ1v) is 7.85. The van der Waals surface area contributed by atoms with E-state index in [0.29, 0.717) is 18.3 Å². The maximum absolute atomic E-state index is 5.90. The minimum atomic E-state index is 0.357. The zero-order chi connectivity index (χ0) is 14.5. The van der Waals surface area contributed by atoms with Crippen LogP contribution in [-0.4, -0.2) is 15.0 Å². The predicted molar refractivity (Wildman–Crippen MR) is 83.9 cm³/mol. The molecule has 1 saturated carbocycles. The largest absolute Gasteiger partial charge is 0.368 e. The lowest BCUT2D eigenvalue weighted by Crippen LogP contribution is -2.11. The van der Waals surface area contributed by atoms with Gasteiger partial charge < -0.3 is 5.73 Å². The molecular formula is C17H22N4. The van der Waals surface area contributed by atoms with Gasteiger partial charge in [-0.3, -0.25) is 0 Å². The number of nitrogens with zero attached hydrogens (tertiary/aromatic N) is 3. The third-order valence-corrected chi connectivity index (χ3v) is 4.14. The van der Waals surface area contributed by atoms with E-state index in [-0.39, 0.29) is 0 Å². The van der Waals surface area contributed by atoms with Crippen LogP contribution in [-0.2, 0) is 6.42 Å². The molecule has 110 valence electrons. The second-order valence-electron chi connectivity index (χ2n) is 5.82. The van der Waals surface area contributed by atoms with Gasteiger partial charge in [0.2, 0.25) is 5.95 Å². The highest BCUT2D eigenvalue weighted by atomic mass is 15.1. The van der Waals surface area contributed by atoms with Gasteiger partial charge in [0, 0.05) is 12.3 Å². The summed E-state index contributed by atoms with van der Waals surface area (Å²) in [7, 11) is 0. The normalized spacial score (nSPS) is 16.6. The lowest BCUT2D eigenvalue weighted by molar-refractivity contribution is 0.555. The van der Waals surface area contributed by atoms with Gasteiger partial charge in [-0.25, -0.2) is 4.98 Å². The van der Waals surface area contributed by atoms with E-state index >= 15 is 0 Å². The number of hydrogen-bond donors (Lipinski definition) is 1. The average molecular weight is 282 g/mol. The summed E-state index contributed by atoms with van der Waals surface area (Å²) in [6.07, 6.45) is 8.26. The molecule has 1 aromatic carbocycles. The summed E-state index contributed by atoms with van der Waals surface area (Å²) in [6, 6.07) is 10.3. The van der Waals surface area contributed by atoms with E-state index in [2.05, 4.69) is 22.1 Å². The van der Waals surface area contributed by atoms with Gasteiger partial charge in [0.1, 0.15) is 11.6 Å². The van der Waals surface area contributed by atoms with Crippen molar-refractivity contribution in [3.8, 4) is 0 Å². The van der Waals surface area contributed by atoms with Crippen molar-refractivity contribution in [2.45, 2.75) is 50.9 Å². The molecule has 1 aromatic heterocycles. The molecule has 0 unspecified atom stereocenters. The van der Waals surface area contributed by atoms with Gasteiger partial charge in [0.05, 0.1) is 0 Å². The summed E-state index contributed by atoms with van der Waals surface area (Å²) in [5, 5.41) is 0. The molecule has 0 aliphatic heterocycles. The maximum Gasteiger partial charge on any atom is 0.223 e. The van der Waals surface area contributed by atoms with Gasteiger partial charge >= 0.3 is 0 Å². The molecule has 0 atom stereocenters. The summed E-state index contributed by atoms with van der Waals surface area (Å²) in [4.78, 5) is 13.4. The summed E-state index contributed by atoms with van der Waals surface area (Å²) < 4.78 is 0. The van der Waals surface area contributed by atoms with E-state index in [1.807, 2.05) is 18.2 Å². The SMILES string of the molecule is Nc1nc(Cc2ccccc2)nc(C2CCCCCC2)n1.